The lowest BCUT2D eigenvalue weighted by molar-refractivity contribution is -0.139. The lowest BCUT2D eigenvalue weighted by Crippen LogP contribution is -2.27. The standard InChI is InChI=1S/C20H22ClNO4/c1-20(2,3)13-9-10-16(15(21)12-13)22-11-7-6-8-14(18(23)25-4)17(22)19(24)26-5/h6-12H,1-5H3. The summed E-state index contributed by atoms with van der Waals surface area (Å²) in [5.41, 5.74) is 1.66. The minimum absolute atomic E-state index is 0.0368. The summed E-state index contributed by atoms with van der Waals surface area (Å²) in [5, 5.41) is 0.453. The number of carbonyl (C=O) groups is 2. The van der Waals surface area contributed by atoms with Gasteiger partial charge in [0.2, 0.25) is 0 Å². The van der Waals surface area contributed by atoms with Gasteiger partial charge in [-0.1, -0.05) is 44.5 Å². The first-order valence-corrected chi connectivity index (χ1v) is 8.43. The number of halogens is 1. The maximum atomic E-state index is 12.4. The molecular formula is C20H22ClNO4. The molecule has 0 radical (unpaired) electrons. The highest BCUT2D eigenvalue weighted by molar-refractivity contribution is 6.33. The molecule has 0 spiro atoms. The van der Waals surface area contributed by atoms with Crippen LogP contribution < -0.4 is 4.90 Å². The first-order valence-electron chi connectivity index (χ1n) is 8.05. The molecule has 0 saturated heterocycles. The molecule has 6 heteroatoms. The molecule has 1 aromatic carbocycles. The smallest absolute Gasteiger partial charge is 0.355 e. The number of hydrogen-bond donors (Lipinski definition) is 0. The Morgan fingerprint density at radius 3 is 2.23 bits per heavy atom. The van der Waals surface area contributed by atoms with Crippen molar-refractivity contribution in [2.75, 3.05) is 19.1 Å². The first kappa shape index (κ1) is 19.8. The molecule has 1 aliphatic rings. The van der Waals surface area contributed by atoms with Gasteiger partial charge in [-0.05, 0) is 35.3 Å². The number of ether oxygens (including phenoxy) is 2. The van der Waals surface area contributed by atoms with Crippen LogP contribution in [0.25, 0.3) is 0 Å². The van der Waals surface area contributed by atoms with E-state index in [1.54, 1.807) is 18.4 Å². The van der Waals surface area contributed by atoms with E-state index in [1.165, 1.54) is 25.2 Å². The van der Waals surface area contributed by atoms with Gasteiger partial charge in [-0.15, -0.1) is 0 Å². The fourth-order valence-electron chi connectivity index (χ4n) is 2.52. The predicted octanol–water partition coefficient (Wildman–Crippen LogP) is 4.13. The maximum absolute atomic E-state index is 12.4. The van der Waals surface area contributed by atoms with Crippen molar-refractivity contribution in [3.05, 3.63) is 64.5 Å². The molecule has 138 valence electrons. The molecule has 0 bridgehead atoms. The average Bonchev–Trinajstić information content (AvgIpc) is 2.82. The molecule has 0 unspecified atom stereocenters. The molecule has 0 aliphatic carbocycles. The summed E-state index contributed by atoms with van der Waals surface area (Å²) in [4.78, 5) is 26.1. The first-order chi connectivity index (χ1) is 12.2. The van der Waals surface area contributed by atoms with Crippen molar-refractivity contribution in [2.24, 2.45) is 0 Å². The van der Waals surface area contributed by atoms with Crippen molar-refractivity contribution in [1.82, 2.24) is 0 Å². The van der Waals surface area contributed by atoms with Crippen LogP contribution in [0.1, 0.15) is 26.3 Å². The van der Waals surface area contributed by atoms with Crippen LogP contribution in [-0.2, 0) is 24.5 Å². The van der Waals surface area contributed by atoms with Gasteiger partial charge in [0.25, 0.3) is 0 Å². The lowest BCUT2D eigenvalue weighted by atomic mass is 9.87. The number of esters is 2. The number of carbonyl (C=O) groups excluding carboxylic acids is 2. The molecule has 0 fully saturated rings. The fraction of sp³-hybridized carbons (Fsp3) is 0.300. The molecule has 0 N–H and O–H groups in total. The molecule has 26 heavy (non-hydrogen) atoms. The van der Waals surface area contributed by atoms with E-state index in [1.807, 2.05) is 18.2 Å². The zero-order chi connectivity index (χ0) is 19.5. The highest BCUT2D eigenvalue weighted by Crippen LogP contribution is 2.35. The van der Waals surface area contributed by atoms with Crippen molar-refractivity contribution in [3.63, 3.8) is 0 Å². The van der Waals surface area contributed by atoms with Gasteiger partial charge in [-0.3, -0.25) is 0 Å². The van der Waals surface area contributed by atoms with Gasteiger partial charge in [0.15, 0.2) is 0 Å². The van der Waals surface area contributed by atoms with Crippen molar-refractivity contribution < 1.29 is 19.1 Å². The van der Waals surface area contributed by atoms with Crippen LogP contribution in [0, 0.1) is 0 Å². The largest absolute Gasteiger partial charge is 0.465 e. The van der Waals surface area contributed by atoms with Crippen molar-refractivity contribution in [3.8, 4) is 0 Å². The number of allylic oxidation sites excluding steroid dienone is 2. The number of hydrogen-bond acceptors (Lipinski definition) is 5. The van der Waals surface area contributed by atoms with E-state index in [9.17, 15) is 9.59 Å². The van der Waals surface area contributed by atoms with Gasteiger partial charge >= 0.3 is 11.9 Å². The van der Waals surface area contributed by atoms with E-state index in [4.69, 9.17) is 21.1 Å². The number of methoxy groups -OCH3 is 2. The Labute approximate surface area is 158 Å². The average molecular weight is 376 g/mol. The molecule has 5 nitrogen and oxygen atoms in total. The van der Waals surface area contributed by atoms with Crippen molar-refractivity contribution in [1.29, 1.82) is 0 Å². The van der Waals surface area contributed by atoms with Crippen LogP contribution >= 0.6 is 11.6 Å². The SMILES string of the molecule is COC(=O)C1=C(C(=O)OC)N(c2ccc(C(C)(C)C)cc2Cl)C=CC=C1. The van der Waals surface area contributed by atoms with Gasteiger partial charge in [-0.2, -0.15) is 0 Å². The molecule has 0 atom stereocenters. The fourth-order valence-corrected chi connectivity index (χ4v) is 2.79. The summed E-state index contributed by atoms with van der Waals surface area (Å²) < 4.78 is 9.69. The summed E-state index contributed by atoms with van der Waals surface area (Å²) in [7, 11) is 2.51. The Bertz CT molecular complexity index is 816. The number of benzene rings is 1. The molecule has 0 amide bonds. The van der Waals surface area contributed by atoms with Gasteiger partial charge in [0.1, 0.15) is 5.70 Å². The van der Waals surface area contributed by atoms with E-state index in [-0.39, 0.29) is 16.7 Å². The molecule has 2 rings (SSSR count). The van der Waals surface area contributed by atoms with Crippen LogP contribution in [0.5, 0.6) is 0 Å². The topological polar surface area (TPSA) is 55.8 Å². The Hall–Kier alpha value is -2.53. The van der Waals surface area contributed by atoms with E-state index < -0.39 is 11.9 Å². The number of nitrogens with zero attached hydrogens (tertiary/aromatic N) is 1. The van der Waals surface area contributed by atoms with Crippen LogP contribution in [0.3, 0.4) is 0 Å². The highest BCUT2D eigenvalue weighted by atomic mass is 35.5. The Kier molecular flexibility index (Phi) is 5.93. The van der Waals surface area contributed by atoms with Gasteiger partial charge < -0.3 is 14.4 Å². The van der Waals surface area contributed by atoms with E-state index in [0.29, 0.717) is 10.7 Å². The zero-order valence-electron chi connectivity index (χ0n) is 15.5. The van der Waals surface area contributed by atoms with Crippen LogP contribution in [0.2, 0.25) is 5.02 Å². The zero-order valence-corrected chi connectivity index (χ0v) is 16.3. The Morgan fingerprint density at radius 1 is 1.04 bits per heavy atom. The van der Waals surface area contributed by atoms with E-state index in [2.05, 4.69) is 20.8 Å². The third kappa shape index (κ3) is 3.99. The number of rotatable bonds is 3. The van der Waals surface area contributed by atoms with Crippen LogP contribution in [-0.4, -0.2) is 26.2 Å². The van der Waals surface area contributed by atoms with E-state index >= 15 is 0 Å². The van der Waals surface area contributed by atoms with Crippen LogP contribution in [0.15, 0.2) is 53.9 Å². The number of anilines is 1. The predicted molar refractivity (Wildman–Crippen MR) is 102 cm³/mol. The normalized spacial score (nSPS) is 14.3. The van der Waals surface area contributed by atoms with Gasteiger partial charge in [0, 0.05) is 6.20 Å². The summed E-state index contributed by atoms with van der Waals surface area (Å²) in [6.07, 6.45) is 6.50. The Morgan fingerprint density at radius 2 is 1.69 bits per heavy atom. The summed E-state index contributed by atoms with van der Waals surface area (Å²) >= 11 is 6.51. The van der Waals surface area contributed by atoms with E-state index in [0.717, 1.165) is 5.56 Å². The molecule has 0 aromatic heterocycles. The molecule has 1 heterocycles. The summed E-state index contributed by atoms with van der Waals surface area (Å²) in [5.74, 6) is -1.31. The lowest BCUT2D eigenvalue weighted by Gasteiger charge is -2.26. The summed E-state index contributed by atoms with van der Waals surface area (Å²) in [6, 6.07) is 5.62. The maximum Gasteiger partial charge on any atom is 0.355 e. The molecule has 1 aliphatic heterocycles. The quantitative estimate of drug-likeness (QED) is 0.743. The van der Waals surface area contributed by atoms with Crippen molar-refractivity contribution in [2.45, 2.75) is 26.2 Å². The van der Waals surface area contributed by atoms with Gasteiger partial charge in [-0.25, -0.2) is 9.59 Å². The Balaban J connectivity index is 2.66. The third-order valence-corrected chi connectivity index (χ3v) is 4.27. The van der Waals surface area contributed by atoms with Gasteiger partial charge in [0.05, 0.1) is 30.5 Å². The summed E-state index contributed by atoms with van der Waals surface area (Å²) in [6.45, 7) is 6.26. The minimum atomic E-state index is -0.669. The molecule has 0 saturated carbocycles. The third-order valence-electron chi connectivity index (χ3n) is 3.96. The highest BCUT2D eigenvalue weighted by Gasteiger charge is 2.28. The van der Waals surface area contributed by atoms with Crippen LogP contribution in [0.4, 0.5) is 5.69 Å². The second kappa shape index (κ2) is 7.79. The monoisotopic (exact) mass is 375 g/mol. The second-order valence-corrected chi connectivity index (χ2v) is 7.14. The second-order valence-electron chi connectivity index (χ2n) is 6.73. The van der Waals surface area contributed by atoms with Crippen molar-refractivity contribution >= 4 is 29.2 Å². The minimum Gasteiger partial charge on any atom is -0.465 e. The molecular weight excluding hydrogens is 354 g/mol. The molecule has 1 aromatic rings.